The third-order valence-electron chi connectivity index (χ3n) is 4.35. The van der Waals surface area contributed by atoms with Crippen LogP contribution in [0.3, 0.4) is 0 Å². The van der Waals surface area contributed by atoms with Crippen molar-refractivity contribution in [2.24, 2.45) is 0 Å². The molecule has 0 saturated carbocycles. The van der Waals surface area contributed by atoms with Gasteiger partial charge < -0.3 is 15.3 Å². The van der Waals surface area contributed by atoms with Crippen molar-refractivity contribution in [1.82, 2.24) is 20.0 Å². The van der Waals surface area contributed by atoms with Crippen molar-refractivity contribution in [3.05, 3.63) is 41.7 Å². The molecule has 1 aromatic heterocycles. The van der Waals surface area contributed by atoms with Crippen LogP contribution in [-0.2, 0) is 0 Å². The summed E-state index contributed by atoms with van der Waals surface area (Å²) in [6.07, 6.45) is 1.50. The number of aromatic nitrogens is 2. The number of nitrogens with one attached hydrogen (secondary N) is 1. The fraction of sp³-hybridized carbons (Fsp3) is 0.444. The Balaban J connectivity index is 1.87. The molecule has 0 radical (unpaired) electrons. The van der Waals surface area contributed by atoms with Crippen LogP contribution in [0.5, 0.6) is 5.75 Å². The van der Waals surface area contributed by atoms with E-state index in [-0.39, 0.29) is 23.4 Å². The normalized spacial score (nSPS) is 18.2. The maximum Gasteiger partial charge on any atom is 0.278 e. The van der Waals surface area contributed by atoms with Crippen molar-refractivity contribution in [2.45, 2.75) is 32.7 Å². The minimum absolute atomic E-state index is 0.0823. The Bertz CT molecular complexity index is 738. The Morgan fingerprint density at radius 1 is 1.42 bits per heavy atom. The summed E-state index contributed by atoms with van der Waals surface area (Å²) in [6.45, 7) is 8.28. The first-order chi connectivity index (χ1) is 11.5. The molecule has 24 heavy (non-hydrogen) atoms. The van der Waals surface area contributed by atoms with Gasteiger partial charge >= 0.3 is 0 Å². The Labute approximate surface area is 142 Å². The molecule has 1 amide bonds. The molecule has 1 aliphatic rings. The third-order valence-corrected chi connectivity index (χ3v) is 4.35. The van der Waals surface area contributed by atoms with Gasteiger partial charge in [-0.05, 0) is 30.5 Å². The molecule has 0 spiro atoms. The monoisotopic (exact) mass is 328 g/mol. The van der Waals surface area contributed by atoms with Crippen LogP contribution < -0.4 is 5.32 Å². The molecule has 3 rings (SSSR count). The lowest BCUT2D eigenvalue weighted by molar-refractivity contribution is 0.0699. The molecule has 2 heterocycles. The largest absolute Gasteiger partial charge is 0.504 e. The molecule has 6 heteroatoms. The molecule has 1 saturated heterocycles. The standard InChI is InChI=1S/C18H24N4O2/c1-12(2)14-5-4-6-15(9-14)22-11-16(23)17(20-22)18(24)21-8-7-19-13(3)10-21/h4-6,9,11-13,19,23H,7-8,10H2,1-3H3/t13-/m1/s1. The van der Waals surface area contributed by atoms with E-state index in [0.29, 0.717) is 19.0 Å². The van der Waals surface area contributed by atoms with Crippen LogP contribution in [0.1, 0.15) is 42.7 Å². The van der Waals surface area contributed by atoms with Gasteiger partial charge in [-0.3, -0.25) is 4.79 Å². The minimum atomic E-state index is -0.223. The molecule has 128 valence electrons. The number of amides is 1. The molecule has 1 fully saturated rings. The SMILES string of the molecule is CC(C)c1cccc(-n2cc(O)c(C(=O)N3CCN[C@H](C)C3)n2)c1. The molecule has 2 N–H and O–H groups in total. The van der Waals surface area contributed by atoms with Gasteiger partial charge in [0.15, 0.2) is 11.4 Å². The Kier molecular flexibility index (Phi) is 4.57. The molecule has 0 bridgehead atoms. The van der Waals surface area contributed by atoms with Crippen molar-refractivity contribution in [3.63, 3.8) is 0 Å². The van der Waals surface area contributed by atoms with Gasteiger partial charge in [-0.15, -0.1) is 0 Å². The van der Waals surface area contributed by atoms with E-state index in [1.54, 1.807) is 9.58 Å². The van der Waals surface area contributed by atoms with Crippen molar-refractivity contribution in [2.75, 3.05) is 19.6 Å². The maximum atomic E-state index is 12.6. The van der Waals surface area contributed by atoms with E-state index >= 15 is 0 Å². The molecule has 6 nitrogen and oxygen atoms in total. The van der Waals surface area contributed by atoms with Gasteiger partial charge in [0.25, 0.3) is 5.91 Å². The van der Waals surface area contributed by atoms with Gasteiger partial charge in [-0.25, -0.2) is 4.68 Å². The summed E-state index contributed by atoms with van der Waals surface area (Å²) in [6, 6.07) is 8.21. The molecule has 2 aromatic rings. The molecular formula is C18H24N4O2. The van der Waals surface area contributed by atoms with Gasteiger partial charge in [-0.2, -0.15) is 5.10 Å². The smallest absolute Gasteiger partial charge is 0.278 e. The van der Waals surface area contributed by atoms with Crippen LogP contribution in [-0.4, -0.2) is 51.4 Å². The van der Waals surface area contributed by atoms with Crippen LogP contribution in [0.15, 0.2) is 30.5 Å². The van der Waals surface area contributed by atoms with Gasteiger partial charge in [0.1, 0.15) is 0 Å². The number of hydrogen-bond donors (Lipinski definition) is 2. The number of piperazine rings is 1. The zero-order valence-corrected chi connectivity index (χ0v) is 14.4. The third kappa shape index (κ3) is 3.28. The number of benzene rings is 1. The highest BCUT2D eigenvalue weighted by Crippen LogP contribution is 2.22. The van der Waals surface area contributed by atoms with Gasteiger partial charge in [0.05, 0.1) is 11.9 Å². The average molecular weight is 328 g/mol. The molecule has 1 aliphatic heterocycles. The molecule has 0 aliphatic carbocycles. The Hall–Kier alpha value is -2.34. The quantitative estimate of drug-likeness (QED) is 0.905. The summed E-state index contributed by atoms with van der Waals surface area (Å²) in [5.41, 5.74) is 2.13. The number of nitrogens with zero attached hydrogens (tertiary/aromatic N) is 3. The lowest BCUT2D eigenvalue weighted by atomic mass is 10.0. The van der Waals surface area contributed by atoms with Crippen molar-refractivity contribution in [3.8, 4) is 11.4 Å². The number of rotatable bonds is 3. The first kappa shape index (κ1) is 16.5. The van der Waals surface area contributed by atoms with Gasteiger partial charge in [0, 0.05) is 25.7 Å². The molecule has 1 atom stereocenters. The van der Waals surface area contributed by atoms with E-state index in [2.05, 4.69) is 30.3 Å². The zero-order chi connectivity index (χ0) is 17.3. The van der Waals surface area contributed by atoms with E-state index in [1.807, 2.05) is 25.1 Å². The van der Waals surface area contributed by atoms with E-state index in [9.17, 15) is 9.90 Å². The average Bonchev–Trinajstić information content (AvgIpc) is 2.96. The van der Waals surface area contributed by atoms with Crippen LogP contribution in [0.2, 0.25) is 0 Å². The number of aromatic hydroxyl groups is 1. The summed E-state index contributed by atoms with van der Waals surface area (Å²) in [4.78, 5) is 14.4. The van der Waals surface area contributed by atoms with Crippen molar-refractivity contribution >= 4 is 5.91 Å². The summed E-state index contributed by atoms with van der Waals surface area (Å²) >= 11 is 0. The second kappa shape index (κ2) is 6.65. The Morgan fingerprint density at radius 3 is 2.92 bits per heavy atom. The van der Waals surface area contributed by atoms with Gasteiger partial charge in [-0.1, -0.05) is 26.0 Å². The first-order valence-corrected chi connectivity index (χ1v) is 8.37. The highest BCUT2D eigenvalue weighted by atomic mass is 16.3. The summed E-state index contributed by atoms with van der Waals surface area (Å²) in [5, 5.41) is 17.8. The minimum Gasteiger partial charge on any atom is -0.504 e. The van der Waals surface area contributed by atoms with Crippen LogP contribution in [0.4, 0.5) is 0 Å². The predicted molar refractivity (Wildman–Crippen MR) is 92.7 cm³/mol. The van der Waals surface area contributed by atoms with E-state index in [1.165, 1.54) is 11.8 Å². The highest BCUT2D eigenvalue weighted by molar-refractivity contribution is 5.95. The highest BCUT2D eigenvalue weighted by Gasteiger charge is 2.26. The van der Waals surface area contributed by atoms with E-state index in [4.69, 9.17) is 0 Å². The second-order valence-electron chi connectivity index (χ2n) is 6.66. The number of carbonyl (C=O) groups is 1. The summed E-state index contributed by atoms with van der Waals surface area (Å²) in [5.74, 6) is 0.0956. The van der Waals surface area contributed by atoms with Crippen molar-refractivity contribution < 1.29 is 9.90 Å². The van der Waals surface area contributed by atoms with Crippen molar-refractivity contribution in [1.29, 1.82) is 0 Å². The van der Waals surface area contributed by atoms with Crippen LogP contribution in [0.25, 0.3) is 5.69 Å². The zero-order valence-electron chi connectivity index (χ0n) is 14.4. The molecule has 0 unspecified atom stereocenters. The summed E-state index contributed by atoms with van der Waals surface area (Å²) < 4.78 is 1.57. The number of carbonyl (C=O) groups excluding carboxylic acids is 1. The molecule has 1 aromatic carbocycles. The topological polar surface area (TPSA) is 70.4 Å². The predicted octanol–water partition coefficient (Wildman–Crippen LogP) is 2.14. The lowest BCUT2D eigenvalue weighted by Gasteiger charge is -2.31. The maximum absolute atomic E-state index is 12.6. The fourth-order valence-electron chi connectivity index (χ4n) is 2.94. The van der Waals surface area contributed by atoms with E-state index < -0.39 is 0 Å². The van der Waals surface area contributed by atoms with E-state index in [0.717, 1.165) is 12.2 Å². The molecular weight excluding hydrogens is 304 g/mol. The first-order valence-electron chi connectivity index (χ1n) is 8.37. The second-order valence-corrected chi connectivity index (χ2v) is 6.66. The van der Waals surface area contributed by atoms with Gasteiger partial charge in [0.2, 0.25) is 0 Å². The van der Waals surface area contributed by atoms with Crippen LogP contribution >= 0.6 is 0 Å². The number of hydrogen-bond acceptors (Lipinski definition) is 4. The van der Waals surface area contributed by atoms with Crippen LogP contribution in [0, 0.1) is 0 Å². The fourth-order valence-corrected chi connectivity index (χ4v) is 2.94. The Morgan fingerprint density at radius 2 is 2.21 bits per heavy atom. The summed E-state index contributed by atoms with van der Waals surface area (Å²) in [7, 11) is 0. The lowest BCUT2D eigenvalue weighted by Crippen LogP contribution is -2.51.